The third kappa shape index (κ3) is 2.43. The van der Waals surface area contributed by atoms with Crippen LogP contribution in [0, 0.1) is 5.82 Å². The second-order valence-corrected chi connectivity index (χ2v) is 6.08. The van der Waals surface area contributed by atoms with Gasteiger partial charge in [-0.1, -0.05) is 31.4 Å². The quantitative estimate of drug-likeness (QED) is 0.896. The molecule has 4 heteroatoms. The average molecular weight is 282 g/mol. The van der Waals surface area contributed by atoms with E-state index in [1.165, 1.54) is 26.0 Å². The van der Waals surface area contributed by atoms with Gasteiger partial charge in [0.05, 0.1) is 5.41 Å². The van der Waals surface area contributed by atoms with Crippen LogP contribution >= 0.6 is 0 Å². The van der Waals surface area contributed by atoms with Crippen LogP contribution < -0.4 is 0 Å². The first kappa shape index (κ1) is 14.9. The van der Waals surface area contributed by atoms with E-state index < -0.39 is 22.9 Å². The van der Waals surface area contributed by atoms with Crippen LogP contribution in [0.1, 0.15) is 57.1 Å². The van der Waals surface area contributed by atoms with Crippen molar-refractivity contribution in [1.82, 2.24) is 0 Å². The van der Waals surface area contributed by atoms with Gasteiger partial charge in [-0.3, -0.25) is 4.79 Å². The normalized spacial score (nSPS) is 18.8. The molecule has 1 saturated carbocycles. The molecule has 0 atom stereocenters. The molecule has 0 aliphatic heterocycles. The monoisotopic (exact) mass is 282 g/mol. The molecule has 1 aromatic carbocycles. The molecule has 0 saturated heterocycles. The molecule has 20 heavy (non-hydrogen) atoms. The van der Waals surface area contributed by atoms with Gasteiger partial charge in [0.2, 0.25) is 0 Å². The number of hydrogen-bond donors (Lipinski definition) is 1. The van der Waals surface area contributed by atoms with Gasteiger partial charge in [0.15, 0.2) is 0 Å². The Hall–Kier alpha value is -1.45. The van der Waals surface area contributed by atoms with E-state index in [1.54, 1.807) is 6.07 Å². The van der Waals surface area contributed by atoms with Gasteiger partial charge in [-0.25, -0.2) is 8.78 Å². The van der Waals surface area contributed by atoms with Gasteiger partial charge in [-0.05, 0) is 38.3 Å². The number of carboxylic acids is 1. The Labute approximate surface area is 117 Å². The molecule has 0 aromatic heterocycles. The van der Waals surface area contributed by atoms with E-state index >= 15 is 0 Å². The van der Waals surface area contributed by atoms with Crippen molar-refractivity contribution in [3.8, 4) is 0 Å². The molecule has 0 unspecified atom stereocenters. The molecule has 1 aromatic rings. The summed E-state index contributed by atoms with van der Waals surface area (Å²) in [5, 5.41) is 9.68. The minimum atomic E-state index is -1.90. The molecule has 0 heterocycles. The Bertz CT molecular complexity index is 512. The van der Waals surface area contributed by atoms with E-state index in [0.717, 1.165) is 19.3 Å². The zero-order valence-corrected chi connectivity index (χ0v) is 11.9. The summed E-state index contributed by atoms with van der Waals surface area (Å²) in [6.45, 7) is 2.54. The maximum absolute atomic E-state index is 14.4. The summed E-state index contributed by atoms with van der Waals surface area (Å²) in [7, 11) is 0. The maximum Gasteiger partial charge on any atom is 0.314 e. The number of carboxylic acid groups (broad SMARTS) is 1. The van der Waals surface area contributed by atoms with Crippen LogP contribution in [0.2, 0.25) is 0 Å². The van der Waals surface area contributed by atoms with Crippen molar-refractivity contribution >= 4 is 5.97 Å². The van der Waals surface area contributed by atoms with Crippen LogP contribution in [-0.4, -0.2) is 11.1 Å². The molecular formula is C16H20F2O2. The Balaban J connectivity index is 2.66. The summed E-state index contributed by atoms with van der Waals surface area (Å²) in [6, 6.07) is 4.23. The lowest BCUT2D eigenvalue weighted by atomic mass is 9.67. The number of benzene rings is 1. The summed E-state index contributed by atoms with van der Waals surface area (Å²) < 4.78 is 28.5. The van der Waals surface area contributed by atoms with Crippen LogP contribution in [0.25, 0.3) is 0 Å². The van der Waals surface area contributed by atoms with Crippen molar-refractivity contribution in [1.29, 1.82) is 0 Å². The van der Waals surface area contributed by atoms with Gasteiger partial charge in [-0.2, -0.15) is 0 Å². The van der Waals surface area contributed by atoms with Gasteiger partial charge in [0, 0.05) is 5.56 Å². The van der Waals surface area contributed by atoms with Gasteiger partial charge >= 0.3 is 5.97 Å². The fourth-order valence-corrected chi connectivity index (χ4v) is 3.28. The molecule has 1 fully saturated rings. The van der Waals surface area contributed by atoms with E-state index in [2.05, 4.69) is 0 Å². The topological polar surface area (TPSA) is 37.3 Å². The van der Waals surface area contributed by atoms with Crippen LogP contribution in [0.4, 0.5) is 8.78 Å². The molecule has 0 radical (unpaired) electrons. The summed E-state index contributed by atoms with van der Waals surface area (Å²) in [4.78, 5) is 11.8. The summed E-state index contributed by atoms with van der Waals surface area (Å²) >= 11 is 0. The van der Waals surface area contributed by atoms with Gasteiger partial charge in [0.1, 0.15) is 11.5 Å². The smallest absolute Gasteiger partial charge is 0.314 e. The molecule has 0 spiro atoms. The largest absolute Gasteiger partial charge is 0.481 e. The Morgan fingerprint density at radius 1 is 1.25 bits per heavy atom. The lowest BCUT2D eigenvalue weighted by Crippen LogP contribution is -2.40. The van der Waals surface area contributed by atoms with E-state index in [9.17, 15) is 18.7 Å². The Morgan fingerprint density at radius 2 is 1.85 bits per heavy atom. The van der Waals surface area contributed by atoms with Crippen molar-refractivity contribution in [3.63, 3.8) is 0 Å². The maximum atomic E-state index is 14.4. The first-order valence-electron chi connectivity index (χ1n) is 7.01. The molecule has 0 amide bonds. The highest BCUT2D eigenvalue weighted by Gasteiger charge is 2.45. The first-order chi connectivity index (χ1) is 9.29. The number of halogens is 2. The highest BCUT2D eigenvalue weighted by Crippen LogP contribution is 2.44. The summed E-state index contributed by atoms with van der Waals surface area (Å²) in [5.41, 5.74) is -2.86. The van der Waals surface area contributed by atoms with Gasteiger partial charge < -0.3 is 5.11 Å². The second kappa shape index (κ2) is 5.15. The minimum Gasteiger partial charge on any atom is -0.481 e. The van der Waals surface area contributed by atoms with Crippen molar-refractivity contribution in [2.24, 2.45) is 0 Å². The third-order valence-corrected chi connectivity index (χ3v) is 4.24. The van der Waals surface area contributed by atoms with Crippen LogP contribution in [0.5, 0.6) is 0 Å². The number of hydrogen-bond acceptors (Lipinski definition) is 1. The predicted molar refractivity (Wildman–Crippen MR) is 72.9 cm³/mol. The van der Waals surface area contributed by atoms with Crippen LogP contribution in [0.15, 0.2) is 18.2 Å². The highest BCUT2D eigenvalue weighted by molar-refractivity contribution is 5.82. The number of carbonyl (C=O) groups is 1. The standard InChI is InChI=1S/C16H20F2O2/c1-15(2,18)13-11(7-6-8-12(13)17)16(14(19)20)9-4-3-5-10-16/h6-8H,3-5,9-10H2,1-2H3,(H,19,20). The molecule has 2 nitrogen and oxygen atoms in total. The fourth-order valence-electron chi connectivity index (χ4n) is 3.28. The van der Waals surface area contributed by atoms with Crippen LogP contribution in [-0.2, 0) is 15.9 Å². The molecule has 1 aliphatic rings. The molecular weight excluding hydrogens is 262 g/mol. The number of alkyl halides is 1. The Kier molecular flexibility index (Phi) is 3.85. The Morgan fingerprint density at radius 3 is 2.35 bits per heavy atom. The third-order valence-electron chi connectivity index (χ3n) is 4.24. The number of aliphatic carboxylic acids is 1. The van der Waals surface area contributed by atoms with Gasteiger partial charge in [0.25, 0.3) is 0 Å². The second-order valence-electron chi connectivity index (χ2n) is 6.08. The molecule has 1 N–H and O–H groups in total. The van der Waals surface area contributed by atoms with E-state index in [1.807, 2.05) is 0 Å². The summed E-state index contributed by atoms with van der Waals surface area (Å²) in [6.07, 6.45) is 3.40. The van der Waals surface area contributed by atoms with E-state index in [4.69, 9.17) is 0 Å². The van der Waals surface area contributed by atoms with Crippen molar-refractivity contribution in [2.75, 3.05) is 0 Å². The minimum absolute atomic E-state index is 0.107. The van der Waals surface area contributed by atoms with Gasteiger partial charge in [-0.15, -0.1) is 0 Å². The SMILES string of the molecule is CC(C)(F)c1c(F)cccc1C1(C(=O)O)CCCCC1. The van der Waals surface area contributed by atoms with Crippen molar-refractivity contribution in [2.45, 2.75) is 57.0 Å². The zero-order chi connectivity index (χ0) is 15.0. The lowest BCUT2D eigenvalue weighted by molar-refractivity contribution is -0.145. The molecule has 110 valence electrons. The lowest BCUT2D eigenvalue weighted by Gasteiger charge is -2.36. The van der Waals surface area contributed by atoms with Crippen LogP contribution in [0.3, 0.4) is 0 Å². The fraction of sp³-hybridized carbons (Fsp3) is 0.562. The molecule has 2 rings (SSSR count). The molecule has 1 aliphatic carbocycles. The van der Waals surface area contributed by atoms with Crippen molar-refractivity contribution < 1.29 is 18.7 Å². The predicted octanol–water partition coefficient (Wildman–Crippen LogP) is 4.32. The van der Waals surface area contributed by atoms with Crippen molar-refractivity contribution in [3.05, 3.63) is 35.1 Å². The average Bonchev–Trinajstić information content (AvgIpc) is 2.37. The van der Waals surface area contributed by atoms with E-state index in [0.29, 0.717) is 18.4 Å². The number of rotatable bonds is 3. The van der Waals surface area contributed by atoms with E-state index in [-0.39, 0.29) is 5.56 Å². The first-order valence-corrected chi connectivity index (χ1v) is 7.01. The molecule has 0 bridgehead atoms. The highest BCUT2D eigenvalue weighted by atomic mass is 19.1. The summed E-state index contributed by atoms with van der Waals surface area (Å²) in [5.74, 6) is -1.64. The zero-order valence-electron chi connectivity index (χ0n) is 11.9.